The van der Waals surface area contributed by atoms with Crippen LogP contribution in [0, 0.1) is 11.8 Å². The molecule has 0 amide bonds. The number of carbonyl (C=O) groups excluding carboxylic acids is 2. The van der Waals surface area contributed by atoms with E-state index in [4.69, 9.17) is 47.4 Å². The van der Waals surface area contributed by atoms with Crippen LogP contribution in [0.1, 0.15) is 87.9 Å². The number of methoxy groups -OCH3 is 2. The van der Waals surface area contributed by atoms with E-state index in [9.17, 15) is 19.8 Å². The number of ether oxygens (including phenoxy) is 10. The molecule has 0 spiro atoms. The van der Waals surface area contributed by atoms with Crippen molar-refractivity contribution >= 4 is 11.9 Å². The van der Waals surface area contributed by atoms with Gasteiger partial charge in [0.1, 0.15) is 30.5 Å². The van der Waals surface area contributed by atoms with E-state index in [1.54, 1.807) is 37.5 Å². The number of hydrogen-bond acceptors (Lipinski definition) is 14. The van der Waals surface area contributed by atoms with Crippen LogP contribution >= 0.6 is 0 Å². The van der Waals surface area contributed by atoms with E-state index in [1.165, 1.54) is 7.11 Å². The van der Waals surface area contributed by atoms with Crippen LogP contribution < -0.4 is 0 Å². The molecular formula is C47H64O14. The second-order valence-electron chi connectivity index (χ2n) is 18.2. The van der Waals surface area contributed by atoms with E-state index < -0.39 is 67.2 Å². The van der Waals surface area contributed by atoms with Gasteiger partial charge < -0.3 is 57.6 Å². The van der Waals surface area contributed by atoms with Crippen molar-refractivity contribution in [3.05, 3.63) is 72.9 Å². The van der Waals surface area contributed by atoms with Gasteiger partial charge in [0.25, 0.3) is 0 Å². The third-order valence-electron chi connectivity index (χ3n) is 14.2. The molecule has 61 heavy (non-hydrogen) atoms. The Balaban J connectivity index is 0.870. The average Bonchev–Trinajstić information content (AvgIpc) is 3.94. The monoisotopic (exact) mass is 852 g/mol. The summed E-state index contributed by atoms with van der Waals surface area (Å²) < 4.78 is 63.6. The van der Waals surface area contributed by atoms with E-state index in [1.807, 2.05) is 6.07 Å². The van der Waals surface area contributed by atoms with Crippen molar-refractivity contribution in [3.8, 4) is 0 Å². The topological polar surface area (TPSA) is 167 Å². The maximum absolute atomic E-state index is 13.3. The molecular weight excluding hydrogens is 789 g/mol. The van der Waals surface area contributed by atoms with Gasteiger partial charge in [-0.2, -0.15) is 0 Å². The summed E-state index contributed by atoms with van der Waals surface area (Å²) in [6, 6.07) is 8.92. The third kappa shape index (κ3) is 9.31. The maximum atomic E-state index is 13.3. The molecule has 0 aromatic heterocycles. The van der Waals surface area contributed by atoms with Gasteiger partial charge >= 0.3 is 11.9 Å². The lowest BCUT2D eigenvalue weighted by Gasteiger charge is -2.43. The van der Waals surface area contributed by atoms with Crippen molar-refractivity contribution in [3.63, 3.8) is 0 Å². The number of hydrogen-bond donors (Lipinski definition) is 2. The molecule has 0 radical (unpaired) electrons. The molecule has 8 aliphatic rings. The van der Waals surface area contributed by atoms with Crippen LogP contribution in [-0.2, 0) is 52.2 Å². The Kier molecular flexibility index (Phi) is 13.9. The minimum atomic E-state index is -0.970. The summed E-state index contributed by atoms with van der Waals surface area (Å²) in [5, 5.41) is 19.7. The molecule has 8 fully saturated rings. The summed E-state index contributed by atoms with van der Waals surface area (Å²) in [5.41, 5.74) is 2.49. The minimum Gasteiger partial charge on any atom is -0.469 e. The quantitative estimate of drug-likeness (QED) is 0.151. The fourth-order valence-electron chi connectivity index (χ4n) is 11.0. The molecule has 0 saturated carbocycles. The number of aliphatic hydroxyl groups excluding tert-OH is 2. The molecule has 6 bridgehead atoms. The van der Waals surface area contributed by atoms with Crippen molar-refractivity contribution in [2.45, 2.75) is 175 Å². The van der Waals surface area contributed by atoms with Crippen molar-refractivity contribution in [1.29, 1.82) is 0 Å². The van der Waals surface area contributed by atoms with Crippen molar-refractivity contribution in [1.82, 2.24) is 0 Å². The highest BCUT2D eigenvalue weighted by Gasteiger charge is 2.68. The van der Waals surface area contributed by atoms with Crippen molar-refractivity contribution in [2.24, 2.45) is 11.8 Å². The number of rotatable bonds is 18. The Morgan fingerprint density at radius 2 is 1.66 bits per heavy atom. The van der Waals surface area contributed by atoms with E-state index in [0.717, 1.165) is 36.8 Å². The highest BCUT2D eigenvalue weighted by Crippen LogP contribution is 2.53. The summed E-state index contributed by atoms with van der Waals surface area (Å²) in [4.78, 5) is 25.8. The molecule has 8 aliphatic heterocycles. The molecule has 14 heteroatoms. The zero-order chi connectivity index (χ0) is 43.0. The molecule has 8 saturated heterocycles. The molecule has 0 aliphatic carbocycles. The Morgan fingerprint density at radius 3 is 2.39 bits per heavy atom. The SMILES string of the molecule is C=CC[C@@H]1O[C@@H]2[C@H]3O[C@@H]4C[C@](CC[C@H]5CC(=C)[C@H](CC[C@H]6C[C@@H](C)C(=C)[C@@H](C[C@@H]7O[C@H](CC(O)CO)[C@H](OC)[C@H]7CC(=O)OC)O6)O5)(O[C@H]3[C@H]1OC(=O)c1ccccc1)O[C@H]24. The van der Waals surface area contributed by atoms with Crippen molar-refractivity contribution in [2.75, 3.05) is 20.8 Å². The molecule has 8 heterocycles. The maximum Gasteiger partial charge on any atom is 0.338 e. The second kappa shape index (κ2) is 19.0. The first-order valence-corrected chi connectivity index (χ1v) is 22.2. The van der Waals surface area contributed by atoms with E-state index >= 15 is 0 Å². The van der Waals surface area contributed by atoms with Crippen LogP contribution in [0.2, 0.25) is 0 Å². The Bertz CT molecular complexity index is 1740. The number of esters is 2. The Labute approximate surface area is 358 Å². The predicted molar refractivity (Wildman–Crippen MR) is 219 cm³/mol. The van der Waals surface area contributed by atoms with Gasteiger partial charge in [0.05, 0.1) is 80.6 Å². The van der Waals surface area contributed by atoms with E-state index in [2.05, 4.69) is 26.7 Å². The Hall–Kier alpha value is -3.02. The molecule has 2 N–H and O–H groups in total. The van der Waals surface area contributed by atoms with Gasteiger partial charge in [0.15, 0.2) is 11.9 Å². The molecule has 1 unspecified atom stereocenters. The zero-order valence-electron chi connectivity index (χ0n) is 35.7. The third-order valence-corrected chi connectivity index (χ3v) is 14.2. The summed E-state index contributed by atoms with van der Waals surface area (Å²) in [6.45, 7) is 14.5. The van der Waals surface area contributed by atoms with Crippen LogP contribution in [0.4, 0.5) is 0 Å². The molecule has 9 rings (SSSR count). The summed E-state index contributed by atoms with van der Waals surface area (Å²) in [5.74, 6) is -1.86. The first kappa shape index (κ1) is 44.6. The van der Waals surface area contributed by atoms with Crippen LogP contribution in [-0.4, -0.2) is 140 Å². The van der Waals surface area contributed by atoms with Crippen LogP contribution in [0.5, 0.6) is 0 Å². The van der Waals surface area contributed by atoms with Gasteiger partial charge in [-0.3, -0.25) is 4.79 Å². The fourth-order valence-corrected chi connectivity index (χ4v) is 11.0. The first-order chi connectivity index (χ1) is 29.4. The number of benzene rings is 1. The Morgan fingerprint density at radius 1 is 0.902 bits per heavy atom. The van der Waals surface area contributed by atoms with Crippen LogP contribution in [0.25, 0.3) is 0 Å². The second-order valence-corrected chi connectivity index (χ2v) is 18.2. The lowest BCUT2D eigenvalue weighted by atomic mass is 9.82. The molecule has 336 valence electrons. The average molecular weight is 853 g/mol. The highest BCUT2D eigenvalue weighted by molar-refractivity contribution is 5.89. The van der Waals surface area contributed by atoms with Gasteiger partial charge in [0.2, 0.25) is 0 Å². The first-order valence-electron chi connectivity index (χ1n) is 22.2. The van der Waals surface area contributed by atoms with Crippen molar-refractivity contribution < 1.29 is 67.2 Å². The van der Waals surface area contributed by atoms with Gasteiger partial charge in [-0.1, -0.05) is 44.4 Å². The standard InChI is InChI=1S/C47H64O14/c1-7-11-34-41(59-46(51)28-12-9-8-10-13-28)45-44-43(57-34)42-38(58-44)23-47(60-42,61-45)17-16-31-19-26(3)33(54-31)15-14-30-18-25(2)27(4)35(55-30)22-36-32(21-39(50)52-5)40(53-6)37(56-36)20-29(49)24-48/h7-10,12-13,25,29-38,40-45,48-49H,1,3-4,11,14-24H2,2,5-6H3/t25-,29?,30+,31+,32+,33+,34+,35-,36+,37-,38-,40-,41+,42+,43+,44-,45+,47+/m1/s1. The molecule has 1 aromatic rings. The fraction of sp³-hybridized carbons (Fsp3) is 0.702. The summed E-state index contributed by atoms with van der Waals surface area (Å²) in [6.07, 6.45) is 2.09. The molecule has 14 nitrogen and oxygen atoms in total. The van der Waals surface area contributed by atoms with Gasteiger partial charge in [-0.05, 0) is 67.7 Å². The summed E-state index contributed by atoms with van der Waals surface area (Å²) in [7, 11) is 2.93. The zero-order valence-corrected chi connectivity index (χ0v) is 35.7. The van der Waals surface area contributed by atoms with Gasteiger partial charge in [-0.15, -0.1) is 6.58 Å². The smallest absolute Gasteiger partial charge is 0.338 e. The van der Waals surface area contributed by atoms with E-state index in [-0.39, 0.29) is 73.4 Å². The predicted octanol–water partition coefficient (Wildman–Crippen LogP) is 4.93. The van der Waals surface area contributed by atoms with Crippen LogP contribution in [0.15, 0.2) is 67.3 Å². The highest BCUT2D eigenvalue weighted by atomic mass is 16.8. The molecule has 1 aromatic carbocycles. The van der Waals surface area contributed by atoms with E-state index in [0.29, 0.717) is 37.7 Å². The lowest BCUT2D eigenvalue weighted by molar-refractivity contribution is -0.272. The lowest BCUT2D eigenvalue weighted by Crippen LogP contribution is -2.59. The van der Waals surface area contributed by atoms with Gasteiger partial charge in [0, 0.05) is 38.7 Å². The summed E-state index contributed by atoms with van der Waals surface area (Å²) >= 11 is 0. The van der Waals surface area contributed by atoms with Crippen LogP contribution in [0.3, 0.4) is 0 Å². The number of aliphatic hydroxyl groups is 2. The largest absolute Gasteiger partial charge is 0.469 e. The number of carbonyl (C=O) groups is 2. The minimum absolute atomic E-state index is 0.0457. The van der Waals surface area contributed by atoms with Gasteiger partial charge in [-0.25, -0.2) is 4.79 Å². The molecule has 18 atom stereocenters. The normalized spacial score (nSPS) is 41.8.